The molecule has 1 unspecified atom stereocenters. The number of benzene rings is 1. The molecule has 1 aromatic rings. The lowest BCUT2D eigenvalue weighted by Crippen LogP contribution is -2.43. The molecule has 0 spiro atoms. The second kappa shape index (κ2) is 8.84. The van der Waals surface area contributed by atoms with Gasteiger partial charge in [0.2, 0.25) is 5.91 Å². The van der Waals surface area contributed by atoms with Crippen LogP contribution in [0.15, 0.2) is 28.7 Å². The van der Waals surface area contributed by atoms with E-state index in [-0.39, 0.29) is 11.8 Å². The molecule has 4 heteroatoms. The predicted molar refractivity (Wildman–Crippen MR) is 99.2 cm³/mol. The van der Waals surface area contributed by atoms with Crippen LogP contribution in [0.5, 0.6) is 0 Å². The van der Waals surface area contributed by atoms with Gasteiger partial charge in [-0.3, -0.25) is 4.79 Å². The van der Waals surface area contributed by atoms with Crippen molar-refractivity contribution >= 4 is 21.8 Å². The van der Waals surface area contributed by atoms with Crippen molar-refractivity contribution < 1.29 is 4.79 Å². The Bertz CT molecular complexity index is 510. The Morgan fingerprint density at radius 2 is 2.00 bits per heavy atom. The Balaban J connectivity index is 1.97. The number of halogens is 1. The van der Waals surface area contributed by atoms with Crippen molar-refractivity contribution in [3.8, 4) is 0 Å². The van der Waals surface area contributed by atoms with Crippen molar-refractivity contribution in [1.82, 2.24) is 5.32 Å². The maximum atomic E-state index is 12.8. The predicted octanol–water partition coefficient (Wildman–Crippen LogP) is 4.04. The summed E-state index contributed by atoms with van der Waals surface area (Å²) in [5.74, 6) is 0.761. The fourth-order valence-corrected chi connectivity index (χ4v) is 3.83. The van der Waals surface area contributed by atoms with Crippen molar-refractivity contribution in [1.29, 1.82) is 0 Å². The molecule has 1 aliphatic rings. The Labute approximate surface area is 148 Å². The van der Waals surface area contributed by atoms with E-state index in [9.17, 15) is 4.79 Å². The summed E-state index contributed by atoms with van der Waals surface area (Å²) >= 11 is 3.51. The van der Waals surface area contributed by atoms with Crippen molar-refractivity contribution in [2.45, 2.75) is 64.5 Å². The first kappa shape index (κ1) is 18.5. The lowest BCUT2D eigenvalue weighted by Gasteiger charge is -2.29. The number of nitrogens with one attached hydrogen (secondary N) is 1. The zero-order valence-corrected chi connectivity index (χ0v) is 15.8. The van der Waals surface area contributed by atoms with E-state index in [1.807, 2.05) is 12.1 Å². The van der Waals surface area contributed by atoms with Gasteiger partial charge in [0, 0.05) is 22.5 Å². The van der Waals surface area contributed by atoms with Gasteiger partial charge < -0.3 is 11.1 Å². The molecule has 0 heterocycles. The lowest BCUT2D eigenvalue weighted by molar-refractivity contribution is -0.126. The minimum Gasteiger partial charge on any atom is -0.353 e. The van der Waals surface area contributed by atoms with Gasteiger partial charge in [-0.15, -0.1) is 0 Å². The van der Waals surface area contributed by atoms with Gasteiger partial charge in [-0.25, -0.2) is 0 Å². The molecule has 0 radical (unpaired) electrons. The van der Waals surface area contributed by atoms with E-state index in [4.69, 9.17) is 5.73 Å². The van der Waals surface area contributed by atoms with Gasteiger partial charge in [-0.1, -0.05) is 41.9 Å². The van der Waals surface area contributed by atoms with E-state index in [2.05, 4.69) is 47.2 Å². The summed E-state index contributed by atoms with van der Waals surface area (Å²) in [5, 5.41) is 3.27. The number of carbonyl (C=O) groups is 1. The molecule has 1 saturated carbocycles. The normalized spacial score (nSPS) is 22.8. The molecule has 23 heavy (non-hydrogen) atoms. The number of amides is 1. The van der Waals surface area contributed by atoms with Gasteiger partial charge >= 0.3 is 0 Å². The first-order valence-electron chi connectivity index (χ1n) is 8.74. The second-order valence-corrected chi connectivity index (χ2v) is 8.20. The van der Waals surface area contributed by atoms with Gasteiger partial charge in [0.05, 0.1) is 0 Å². The van der Waals surface area contributed by atoms with Crippen LogP contribution in [0.3, 0.4) is 0 Å². The highest BCUT2D eigenvalue weighted by Gasteiger charge is 2.25. The number of hydrogen-bond acceptors (Lipinski definition) is 2. The van der Waals surface area contributed by atoms with E-state index in [1.165, 1.54) is 5.56 Å². The van der Waals surface area contributed by atoms with Crippen molar-refractivity contribution in [2.75, 3.05) is 0 Å². The summed E-state index contributed by atoms with van der Waals surface area (Å²) in [5.41, 5.74) is 7.17. The summed E-state index contributed by atoms with van der Waals surface area (Å²) in [7, 11) is 0. The van der Waals surface area contributed by atoms with Gasteiger partial charge in [0.15, 0.2) is 0 Å². The van der Waals surface area contributed by atoms with Crippen LogP contribution in [0.2, 0.25) is 0 Å². The molecule has 128 valence electrons. The Morgan fingerprint density at radius 3 is 2.61 bits per heavy atom. The number of nitrogens with two attached hydrogens (primary N) is 1. The quantitative estimate of drug-likeness (QED) is 0.782. The molecule has 2 rings (SSSR count). The summed E-state index contributed by atoms with van der Waals surface area (Å²) in [6.45, 7) is 4.36. The number of rotatable bonds is 6. The highest BCUT2D eigenvalue weighted by atomic mass is 79.9. The topological polar surface area (TPSA) is 55.1 Å². The van der Waals surface area contributed by atoms with Crippen molar-refractivity contribution in [3.63, 3.8) is 0 Å². The minimum absolute atomic E-state index is 0.0416. The van der Waals surface area contributed by atoms with Gasteiger partial charge in [0.1, 0.15) is 0 Å². The minimum atomic E-state index is 0.0416. The second-order valence-electron chi connectivity index (χ2n) is 7.28. The molecule has 3 N–H and O–H groups in total. The molecule has 3 nitrogen and oxygen atoms in total. The first-order chi connectivity index (χ1) is 10.9. The smallest absolute Gasteiger partial charge is 0.223 e. The lowest BCUT2D eigenvalue weighted by atomic mass is 9.88. The molecule has 0 aromatic heterocycles. The average molecular weight is 381 g/mol. The number of carbonyl (C=O) groups excluding carboxylic acids is 1. The summed E-state index contributed by atoms with van der Waals surface area (Å²) < 4.78 is 1.07. The summed E-state index contributed by atoms with van der Waals surface area (Å²) in [4.78, 5) is 12.8. The Morgan fingerprint density at radius 1 is 1.30 bits per heavy atom. The molecule has 1 atom stereocenters. The summed E-state index contributed by atoms with van der Waals surface area (Å²) in [6, 6.07) is 8.89. The molecule has 0 saturated heterocycles. The van der Waals surface area contributed by atoms with Crippen LogP contribution in [-0.4, -0.2) is 18.0 Å². The maximum absolute atomic E-state index is 12.8. The van der Waals surface area contributed by atoms with E-state index < -0.39 is 0 Å². The van der Waals surface area contributed by atoms with Gasteiger partial charge in [-0.2, -0.15) is 0 Å². The third kappa shape index (κ3) is 6.27. The van der Waals surface area contributed by atoms with Gasteiger partial charge in [0.25, 0.3) is 0 Å². The van der Waals surface area contributed by atoms with Crippen LogP contribution < -0.4 is 11.1 Å². The van der Waals surface area contributed by atoms with Crippen LogP contribution >= 0.6 is 15.9 Å². The van der Waals surface area contributed by atoms with Crippen molar-refractivity contribution in [3.05, 3.63) is 34.3 Å². The zero-order valence-electron chi connectivity index (χ0n) is 14.2. The first-order valence-corrected chi connectivity index (χ1v) is 9.53. The van der Waals surface area contributed by atoms with Crippen LogP contribution in [0.25, 0.3) is 0 Å². The molecular weight excluding hydrogens is 352 g/mol. The third-order valence-electron chi connectivity index (χ3n) is 4.62. The molecule has 1 aromatic carbocycles. The summed E-state index contributed by atoms with van der Waals surface area (Å²) in [6.07, 6.45) is 5.79. The van der Waals surface area contributed by atoms with E-state index in [0.29, 0.717) is 18.0 Å². The van der Waals surface area contributed by atoms with Crippen molar-refractivity contribution in [2.24, 2.45) is 17.6 Å². The highest BCUT2D eigenvalue weighted by Crippen LogP contribution is 2.22. The monoisotopic (exact) mass is 380 g/mol. The average Bonchev–Trinajstić information content (AvgIpc) is 2.48. The maximum Gasteiger partial charge on any atom is 0.223 e. The SMILES string of the molecule is CC(C)CC(Cc1cccc(Br)c1)C(=O)NC1CCC(N)CC1. The molecule has 1 aliphatic carbocycles. The molecular formula is C19H29BrN2O. The number of hydrogen-bond donors (Lipinski definition) is 2. The van der Waals surface area contributed by atoms with Gasteiger partial charge in [-0.05, 0) is 62.1 Å². The third-order valence-corrected chi connectivity index (χ3v) is 5.11. The van der Waals surface area contributed by atoms with E-state index in [1.54, 1.807) is 0 Å². The molecule has 1 amide bonds. The Kier molecular flexibility index (Phi) is 7.09. The Hall–Kier alpha value is -0.870. The van der Waals surface area contributed by atoms with Crippen LogP contribution in [0, 0.1) is 11.8 Å². The van der Waals surface area contributed by atoms with Crippen LogP contribution in [0.4, 0.5) is 0 Å². The fraction of sp³-hybridized carbons (Fsp3) is 0.632. The highest BCUT2D eigenvalue weighted by molar-refractivity contribution is 9.10. The fourth-order valence-electron chi connectivity index (χ4n) is 3.38. The molecule has 0 bridgehead atoms. The molecule has 0 aliphatic heterocycles. The molecule has 1 fully saturated rings. The largest absolute Gasteiger partial charge is 0.353 e. The van der Waals surface area contributed by atoms with E-state index in [0.717, 1.165) is 43.0 Å². The standard InChI is InChI=1S/C19H29BrN2O/c1-13(2)10-15(11-14-4-3-5-16(20)12-14)19(23)22-18-8-6-17(21)7-9-18/h3-5,12-13,15,17-18H,6-11,21H2,1-2H3,(H,22,23). The van der Waals surface area contributed by atoms with E-state index >= 15 is 0 Å². The van der Waals surface area contributed by atoms with Crippen LogP contribution in [0.1, 0.15) is 51.5 Å². The van der Waals surface area contributed by atoms with Crippen LogP contribution in [-0.2, 0) is 11.2 Å². The zero-order chi connectivity index (χ0) is 16.8.